The van der Waals surface area contributed by atoms with Crippen LogP contribution < -0.4 is 5.32 Å². The highest BCUT2D eigenvalue weighted by Crippen LogP contribution is 2.28. The molecule has 2 amide bonds. The van der Waals surface area contributed by atoms with E-state index in [2.05, 4.69) is 10.2 Å². The van der Waals surface area contributed by atoms with Crippen LogP contribution in [-0.2, 0) is 9.59 Å². The molecule has 1 aliphatic carbocycles. The maximum Gasteiger partial charge on any atom is 0.311 e. The maximum absolute atomic E-state index is 11.9. The monoisotopic (exact) mass is 295 g/mol. The molecule has 2 aliphatic rings. The first-order chi connectivity index (χ1) is 10.2. The number of carbonyl (C=O) groups excluding carboxylic acids is 2. The molecular weight excluding hydrogens is 266 g/mol. The van der Waals surface area contributed by atoms with Gasteiger partial charge in [0, 0.05) is 32.2 Å². The Bertz CT molecular complexity index is 363. The zero-order valence-corrected chi connectivity index (χ0v) is 13.4. The van der Waals surface area contributed by atoms with E-state index in [0.717, 1.165) is 25.6 Å². The lowest BCUT2D eigenvalue weighted by Gasteiger charge is -2.23. The summed E-state index contributed by atoms with van der Waals surface area (Å²) < 4.78 is 0. The minimum absolute atomic E-state index is 0.398. The molecule has 5 heteroatoms. The van der Waals surface area contributed by atoms with E-state index in [1.807, 2.05) is 13.8 Å². The van der Waals surface area contributed by atoms with Gasteiger partial charge in [0.1, 0.15) is 0 Å². The molecule has 1 heterocycles. The van der Waals surface area contributed by atoms with Gasteiger partial charge in [0.25, 0.3) is 0 Å². The standard InChI is InChI=1S/C16H29N3O2/c1-3-18(4-2)16(21)15(20)17-11-13-9-10-19(12-13)14-7-5-6-8-14/h13-14H,3-12H2,1-2H3,(H,17,20). The van der Waals surface area contributed by atoms with E-state index in [1.54, 1.807) is 4.90 Å². The Balaban J connectivity index is 1.71. The van der Waals surface area contributed by atoms with Gasteiger partial charge in [0.05, 0.1) is 0 Å². The van der Waals surface area contributed by atoms with Crippen molar-refractivity contribution in [1.29, 1.82) is 0 Å². The normalized spacial score (nSPS) is 23.4. The van der Waals surface area contributed by atoms with Crippen LogP contribution in [0.15, 0.2) is 0 Å². The van der Waals surface area contributed by atoms with E-state index in [-0.39, 0.29) is 0 Å². The number of nitrogens with one attached hydrogen (secondary N) is 1. The zero-order chi connectivity index (χ0) is 15.2. The molecule has 1 unspecified atom stereocenters. The number of rotatable bonds is 5. The molecule has 0 spiro atoms. The van der Waals surface area contributed by atoms with E-state index in [4.69, 9.17) is 0 Å². The summed E-state index contributed by atoms with van der Waals surface area (Å²) in [5, 5.41) is 2.83. The average molecular weight is 295 g/mol. The topological polar surface area (TPSA) is 52.7 Å². The Morgan fingerprint density at radius 1 is 1.14 bits per heavy atom. The van der Waals surface area contributed by atoms with E-state index < -0.39 is 11.8 Å². The largest absolute Gasteiger partial charge is 0.348 e. The van der Waals surface area contributed by atoms with Gasteiger partial charge in [-0.05, 0) is 45.6 Å². The first kappa shape index (κ1) is 16.3. The van der Waals surface area contributed by atoms with Crippen LogP contribution in [0.5, 0.6) is 0 Å². The Hall–Kier alpha value is -1.10. The lowest BCUT2D eigenvalue weighted by atomic mass is 10.1. The molecular formula is C16H29N3O2. The van der Waals surface area contributed by atoms with Crippen LogP contribution in [0.4, 0.5) is 0 Å². The third-order valence-corrected chi connectivity index (χ3v) is 4.95. The van der Waals surface area contributed by atoms with E-state index in [1.165, 1.54) is 25.7 Å². The SMILES string of the molecule is CCN(CC)C(=O)C(=O)NCC1CCN(C2CCCC2)C1. The van der Waals surface area contributed by atoms with Crippen molar-refractivity contribution < 1.29 is 9.59 Å². The molecule has 1 aliphatic heterocycles. The van der Waals surface area contributed by atoms with Gasteiger partial charge in [0.15, 0.2) is 0 Å². The number of carbonyl (C=O) groups is 2. The smallest absolute Gasteiger partial charge is 0.311 e. The van der Waals surface area contributed by atoms with Gasteiger partial charge >= 0.3 is 11.8 Å². The minimum atomic E-state index is -0.446. The number of amides is 2. The van der Waals surface area contributed by atoms with Gasteiger partial charge in [0.2, 0.25) is 0 Å². The Morgan fingerprint density at radius 2 is 1.81 bits per heavy atom. The summed E-state index contributed by atoms with van der Waals surface area (Å²) in [6, 6.07) is 0.767. The summed E-state index contributed by atoms with van der Waals surface area (Å²) in [5.41, 5.74) is 0. The first-order valence-electron chi connectivity index (χ1n) is 8.46. The van der Waals surface area contributed by atoms with Crippen molar-refractivity contribution >= 4 is 11.8 Å². The summed E-state index contributed by atoms with van der Waals surface area (Å²) in [4.78, 5) is 27.9. The molecule has 0 radical (unpaired) electrons. The predicted molar refractivity (Wildman–Crippen MR) is 82.9 cm³/mol. The Kier molecular flexibility index (Phi) is 6.03. The first-order valence-corrected chi connectivity index (χ1v) is 8.46. The molecule has 120 valence electrons. The van der Waals surface area contributed by atoms with Crippen molar-refractivity contribution in [2.45, 2.75) is 52.0 Å². The van der Waals surface area contributed by atoms with E-state index in [9.17, 15) is 9.59 Å². The molecule has 0 aromatic rings. The van der Waals surface area contributed by atoms with Crippen molar-refractivity contribution in [3.63, 3.8) is 0 Å². The fraction of sp³-hybridized carbons (Fsp3) is 0.875. The van der Waals surface area contributed by atoms with Gasteiger partial charge in [-0.25, -0.2) is 0 Å². The molecule has 1 saturated carbocycles. The molecule has 1 saturated heterocycles. The van der Waals surface area contributed by atoms with Gasteiger partial charge in [-0.1, -0.05) is 12.8 Å². The average Bonchev–Trinajstić information content (AvgIpc) is 3.16. The molecule has 2 rings (SSSR count). The number of hydrogen-bond donors (Lipinski definition) is 1. The lowest BCUT2D eigenvalue weighted by molar-refractivity contribution is -0.145. The van der Waals surface area contributed by atoms with Crippen LogP contribution in [0.2, 0.25) is 0 Å². The van der Waals surface area contributed by atoms with Gasteiger partial charge in [-0.15, -0.1) is 0 Å². The van der Waals surface area contributed by atoms with Crippen LogP contribution in [-0.4, -0.2) is 60.4 Å². The molecule has 21 heavy (non-hydrogen) atoms. The highest BCUT2D eigenvalue weighted by molar-refractivity contribution is 6.34. The quantitative estimate of drug-likeness (QED) is 0.776. The van der Waals surface area contributed by atoms with Crippen molar-refractivity contribution in [3.8, 4) is 0 Å². The van der Waals surface area contributed by atoms with Crippen LogP contribution in [0.25, 0.3) is 0 Å². The highest BCUT2D eigenvalue weighted by atomic mass is 16.2. The highest BCUT2D eigenvalue weighted by Gasteiger charge is 2.30. The van der Waals surface area contributed by atoms with Gasteiger partial charge < -0.3 is 15.1 Å². The van der Waals surface area contributed by atoms with E-state index in [0.29, 0.717) is 25.6 Å². The molecule has 1 N–H and O–H groups in total. The number of hydrogen-bond acceptors (Lipinski definition) is 3. The molecule has 0 bridgehead atoms. The second kappa shape index (κ2) is 7.78. The summed E-state index contributed by atoms with van der Waals surface area (Å²) in [7, 11) is 0. The third kappa shape index (κ3) is 4.19. The second-order valence-electron chi connectivity index (χ2n) is 6.28. The minimum Gasteiger partial charge on any atom is -0.348 e. The zero-order valence-electron chi connectivity index (χ0n) is 13.4. The van der Waals surface area contributed by atoms with Crippen LogP contribution >= 0.6 is 0 Å². The molecule has 0 aromatic carbocycles. The summed E-state index contributed by atoms with van der Waals surface area (Å²) in [6.45, 7) is 7.81. The van der Waals surface area contributed by atoms with Crippen molar-refractivity contribution in [2.75, 3.05) is 32.7 Å². The van der Waals surface area contributed by atoms with Crippen LogP contribution in [0.3, 0.4) is 0 Å². The van der Waals surface area contributed by atoms with Crippen LogP contribution in [0, 0.1) is 5.92 Å². The third-order valence-electron chi connectivity index (χ3n) is 4.95. The Morgan fingerprint density at radius 3 is 2.43 bits per heavy atom. The van der Waals surface area contributed by atoms with Gasteiger partial charge in [-0.2, -0.15) is 0 Å². The molecule has 2 fully saturated rings. The fourth-order valence-corrected chi connectivity index (χ4v) is 3.60. The summed E-state index contributed by atoms with van der Waals surface area (Å²) in [5.74, 6) is -0.345. The van der Waals surface area contributed by atoms with E-state index >= 15 is 0 Å². The van der Waals surface area contributed by atoms with Crippen molar-refractivity contribution in [2.24, 2.45) is 5.92 Å². The lowest BCUT2D eigenvalue weighted by Crippen LogP contribution is -2.44. The fourth-order valence-electron chi connectivity index (χ4n) is 3.60. The summed E-state index contributed by atoms with van der Waals surface area (Å²) in [6.07, 6.45) is 6.52. The molecule has 0 aromatic heterocycles. The predicted octanol–water partition coefficient (Wildman–Crippen LogP) is 1.24. The van der Waals surface area contributed by atoms with Crippen molar-refractivity contribution in [1.82, 2.24) is 15.1 Å². The van der Waals surface area contributed by atoms with Gasteiger partial charge in [-0.3, -0.25) is 9.59 Å². The summed E-state index contributed by atoms with van der Waals surface area (Å²) >= 11 is 0. The number of likely N-dealkylation sites (tertiary alicyclic amines) is 1. The van der Waals surface area contributed by atoms with Crippen molar-refractivity contribution in [3.05, 3.63) is 0 Å². The Labute approximate surface area is 128 Å². The van der Waals surface area contributed by atoms with Crippen LogP contribution in [0.1, 0.15) is 46.0 Å². The molecule has 5 nitrogen and oxygen atoms in total. The number of likely N-dealkylation sites (N-methyl/N-ethyl adjacent to an activating group) is 1. The number of nitrogens with zero attached hydrogens (tertiary/aromatic N) is 2. The molecule has 1 atom stereocenters. The second-order valence-corrected chi connectivity index (χ2v) is 6.28. The maximum atomic E-state index is 11.9.